The maximum Gasteiger partial charge on any atom is 0.335 e. The molecule has 0 bridgehead atoms. The third-order valence-electron chi connectivity index (χ3n) is 5.66. The van der Waals surface area contributed by atoms with Gasteiger partial charge in [0.15, 0.2) is 35.6 Å². The van der Waals surface area contributed by atoms with Gasteiger partial charge in [0.1, 0.15) is 18.5 Å². The summed E-state index contributed by atoms with van der Waals surface area (Å²) in [7, 11) is 0. The third-order valence-corrected chi connectivity index (χ3v) is 5.66. The monoisotopic (exact) mass is 480 g/mol. The number of hydrogen-bond acceptors (Lipinski definition) is 8. The number of benzene rings is 1. The van der Waals surface area contributed by atoms with Crippen molar-refractivity contribution in [3.05, 3.63) is 54.6 Å². The van der Waals surface area contributed by atoms with Crippen LogP contribution in [0, 0.1) is 0 Å². The molecule has 2 saturated heterocycles. The molecule has 4 heterocycles. The smallest absolute Gasteiger partial charge is 0.335 e. The number of ether oxygens (including phenoxy) is 3. The number of carbonyl (C=O) groups is 2. The minimum atomic E-state index is -1.24. The molecule has 182 valence electrons. The van der Waals surface area contributed by atoms with Crippen molar-refractivity contribution in [2.75, 3.05) is 11.9 Å². The average molecular weight is 480 g/mol. The molecule has 35 heavy (non-hydrogen) atoms. The van der Waals surface area contributed by atoms with Crippen LogP contribution in [0.3, 0.4) is 0 Å². The molecular weight excluding hydrogens is 456 g/mol. The second-order valence-corrected chi connectivity index (χ2v) is 8.05. The van der Waals surface area contributed by atoms with E-state index in [4.69, 9.17) is 14.2 Å². The van der Waals surface area contributed by atoms with Gasteiger partial charge in [-0.05, 0) is 18.1 Å². The highest BCUT2D eigenvalue weighted by molar-refractivity contribution is 5.95. The van der Waals surface area contributed by atoms with Crippen LogP contribution in [0.1, 0.15) is 25.1 Å². The zero-order chi connectivity index (χ0) is 24.4. The van der Waals surface area contributed by atoms with Crippen LogP contribution < -0.4 is 10.6 Å². The first-order valence-electron chi connectivity index (χ1n) is 11.2. The maximum atomic E-state index is 12.1. The van der Waals surface area contributed by atoms with Crippen molar-refractivity contribution in [2.24, 2.45) is 0 Å². The van der Waals surface area contributed by atoms with Gasteiger partial charge in [-0.15, -0.1) is 0 Å². The molecular formula is C23H24N6O6. The Bertz CT molecular complexity index is 1250. The minimum Gasteiger partial charge on any atom is -0.479 e. The molecule has 2 fully saturated rings. The van der Waals surface area contributed by atoms with Gasteiger partial charge in [-0.2, -0.15) is 0 Å². The second kappa shape index (κ2) is 9.78. The number of aliphatic carboxylic acids is 1. The van der Waals surface area contributed by atoms with Crippen LogP contribution in [0.25, 0.3) is 17.2 Å². The Morgan fingerprint density at radius 2 is 1.91 bits per heavy atom. The summed E-state index contributed by atoms with van der Waals surface area (Å²) in [5.41, 5.74) is 1.64. The predicted octanol–water partition coefficient (Wildman–Crippen LogP) is 2.16. The lowest BCUT2D eigenvalue weighted by atomic mass is 10.1. The molecule has 1 aromatic carbocycles. The number of anilines is 1. The minimum absolute atomic E-state index is 0.221. The molecule has 0 radical (unpaired) electrons. The summed E-state index contributed by atoms with van der Waals surface area (Å²) in [5, 5.41) is 15.1. The van der Waals surface area contributed by atoms with Crippen LogP contribution >= 0.6 is 0 Å². The highest BCUT2D eigenvalue weighted by Crippen LogP contribution is 2.41. The van der Waals surface area contributed by atoms with Gasteiger partial charge in [-0.25, -0.2) is 24.5 Å². The van der Waals surface area contributed by atoms with Crippen molar-refractivity contribution in [3.8, 4) is 0 Å². The van der Waals surface area contributed by atoms with E-state index in [1.165, 1.54) is 12.7 Å². The molecule has 12 nitrogen and oxygen atoms in total. The maximum absolute atomic E-state index is 12.1. The van der Waals surface area contributed by atoms with Crippen LogP contribution in [0.4, 0.5) is 10.6 Å². The third kappa shape index (κ3) is 4.58. The van der Waals surface area contributed by atoms with Gasteiger partial charge in [0.25, 0.3) is 0 Å². The van der Waals surface area contributed by atoms with Gasteiger partial charge in [0.2, 0.25) is 0 Å². The van der Waals surface area contributed by atoms with Crippen molar-refractivity contribution in [1.29, 1.82) is 0 Å². The van der Waals surface area contributed by atoms with Crippen molar-refractivity contribution in [3.63, 3.8) is 0 Å². The molecule has 5 unspecified atom stereocenters. The molecule has 0 aliphatic carbocycles. The van der Waals surface area contributed by atoms with E-state index in [0.717, 1.165) is 12.0 Å². The Balaban J connectivity index is 1.40. The number of carboxylic acids is 1. The number of nitrogens with zero attached hydrogens (tertiary/aromatic N) is 4. The van der Waals surface area contributed by atoms with Gasteiger partial charge in [0, 0.05) is 6.54 Å². The number of carbonyl (C=O) groups excluding carboxylic acids is 1. The number of fused-ring (bicyclic) bond motifs is 2. The molecule has 0 saturated carbocycles. The lowest BCUT2D eigenvalue weighted by molar-refractivity contribution is -0.166. The fourth-order valence-electron chi connectivity index (χ4n) is 4.06. The van der Waals surface area contributed by atoms with Crippen molar-refractivity contribution >= 4 is 35.1 Å². The summed E-state index contributed by atoms with van der Waals surface area (Å²) >= 11 is 0. The van der Waals surface area contributed by atoms with Gasteiger partial charge >= 0.3 is 12.0 Å². The molecule has 3 aromatic rings. The summed E-state index contributed by atoms with van der Waals surface area (Å²) in [6.07, 6.45) is 2.70. The van der Waals surface area contributed by atoms with Crippen molar-refractivity contribution < 1.29 is 28.9 Å². The van der Waals surface area contributed by atoms with E-state index in [2.05, 4.69) is 25.6 Å². The van der Waals surface area contributed by atoms with Crippen molar-refractivity contribution in [1.82, 2.24) is 24.8 Å². The number of aromatic nitrogens is 4. The predicted molar refractivity (Wildman–Crippen MR) is 123 cm³/mol. The fourth-order valence-corrected chi connectivity index (χ4v) is 4.06. The lowest BCUT2D eigenvalue weighted by Crippen LogP contribution is -2.34. The zero-order valence-electron chi connectivity index (χ0n) is 18.8. The molecule has 5 rings (SSSR count). The largest absolute Gasteiger partial charge is 0.479 e. The number of nitrogens with one attached hydrogen (secondary N) is 2. The molecule has 2 aliphatic heterocycles. The first kappa shape index (κ1) is 22.9. The van der Waals surface area contributed by atoms with E-state index in [1.807, 2.05) is 43.3 Å². The van der Waals surface area contributed by atoms with Gasteiger partial charge in [0.05, 0.1) is 6.33 Å². The van der Waals surface area contributed by atoms with Gasteiger partial charge < -0.3 is 24.6 Å². The number of imidazole rings is 1. The normalized spacial score (nSPS) is 25.7. The molecule has 12 heteroatoms. The summed E-state index contributed by atoms with van der Waals surface area (Å²) in [6, 6.07) is 9.20. The van der Waals surface area contributed by atoms with Crippen LogP contribution in [-0.2, 0) is 19.0 Å². The standard InChI is InChI=1S/C23H24N6O6/c1-2-10-24-23(32)28-19-15-20(26-11-25-19)29(12-27-15)21-17-16(18(35-21)22(30)31)33-14(34-17)9-8-13-6-4-3-5-7-13/h3-9,11-12,14,16-18,21H,2,10H2,1H3,(H,30,31)(H2,24,25,26,28,32). The number of carboxylic acid groups (broad SMARTS) is 1. The number of rotatable bonds is 7. The number of hydrogen-bond donors (Lipinski definition) is 3. The Morgan fingerprint density at radius 3 is 2.69 bits per heavy atom. The topological polar surface area (TPSA) is 150 Å². The SMILES string of the molecule is CCCNC(=O)Nc1ncnc2c1ncn2C1OC(C(=O)O)C2OC(C=Cc3ccccc3)OC21. The fraction of sp³-hybridized carbons (Fsp3) is 0.348. The zero-order valence-corrected chi connectivity index (χ0v) is 18.8. The van der Waals surface area contributed by atoms with E-state index in [1.54, 1.807) is 10.6 Å². The quantitative estimate of drug-likeness (QED) is 0.462. The summed E-state index contributed by atoms with van der Waals surface area (Å²) in [6.45, 7) is 2.46. The Labute approximate surface area is 199 Å². The van der Waals surface area contributed by atoms with E-state index < -0.39 is 42.8 Å². The highest BCUT2D eigenvalue weighted by Gasteiger charge is 2.56. The van der Waals surface area contributed by atoms with Crippen LogP contribution in [-0.4, -0.2) is 67.8 Å². The van der Waals surface area contributed by atoms with E-state index in [9.17, 15) is 14.7 Å². The molecule has 2 aliphatic rings. The second-order valence-electron chi connectivity index (χ2n) is 8.05. The summed E-state index contributed by atoms with van der Waals surface area (Å²) in [4.78, 5) is 36.7. The molecule has 3 N–H and O–H groups in total. The Hall–Kier alpha value is -3.87. The molecule has 2 amide bonds. The Kier molecular flexibility index (Phi) is 6.40. The number of amides is 2. The highest BCUT2D eigenvalue weighted by atomic mass is 16.8. The van der Waals surface area contributed by atoms with Gasteiger partial charge in [-0.1, -0.05) is 43.3 Å². The molecule has 0 spiro atoms. The Morgan fingerprint density at radius 1 is 1.11 bits per heavy atom. The summed E-state index contributed by atoms with van der Waals surface area (Å²) in [5.74, 6) is -0.938. The van der Waals surface area contributed by atoms with E-state index >= 15 is 0 Å². The van der Waals surface area contributed by atoms with Crippen LogP contribution in [0.15, 0.2) is 49.1 Å². The van der Waals surface area contributed by atoms with Crippen LogP contribution in [0.2, 0.25) is 0 Å². The molecule has 5 atom stereocenters. The summed E-state index contributed by atoms with van der Waals surface area (Å²) < 4.78 is 19.3. The van der Waals surface area contributed by atoms with E-state index in [-0.39, 0.29) is 5.82 Å². The number of urea groups is 1. The van der Waals surface area contributed by atoms with Gasteiger partial charge in [-0.3, -0.25) is 9.88 Å². The lowest BCUT2D eigenvalue weighted by Gasteiger charge is -2.19. The molecule has 2 aromatic heterocycles. The first-order valence-corrected chi connectivity index (χ1v) is 11.2. The van der Waals surface area contributed by atoms with Crippen molar-refractivity contribution in [2.45, 2.75) is 44.2 Å². The first-order chi connectivity index (χ1) is 17.0. The van der Waals surface area contributed by atoms with Crippen LogP contribution in [0.5, 0.6) is 0 Å². The van der Waals surface area contributed by atoms with E-state index in [0.29, 0.717) is 17.7 Å². The average Bonchev–Trinajstić information content (AvgIpc) is 3.56.